The molecule has 0 spiro atoms. The summed E-state index contributed by atoms with van der Waals surface area (Å²) in [6.07, 6.45) is 6.47. The van der Waals surface area contributed by atoms with Crippen LogP contribution in [0.25, 0.3) is 0 Å². The summed E-state index contributed by atoms with van der Waals surface area (Å²) in [5.74, 6) is -2.57. The summed E-state index contributed by atoms with van der Waals surface area (Å²) in [6.45, 7) is 6.11. The summed E-state index contributed by atoms with van der Waals surface area (Å²) in [4.78, 5) is 45.3. The third kappa shape index (κ3) is 10.3. The van der Waals surface area contributed by atoms with E-state index in [0.29, 0.717) is 67.0 Å². The van der Waals surface area contributed by atoms with Crippen LogP contribution < -0.4 is 14.8 Å². The summed E-state index contributed by atoms with van der Waals surface area (Å²) in [5.41, 5.74) is 3.20. The van der Waals surface area contributed by atoms with E-state index in [1.54, 1.807) is 49.4 Å². The zero-order valence-electron chi connectivity index (χ0n) is 35.1. The Hall–Kier alpha value is -5.84. The molecule has 3 N–H and O–H groups in total. The maximum absolute atomic E-state index is 14.2. The number of nitro groups is 1. The quantitative estimate of drug-likeness (QED) is 0.0433. The molecule has 3 aromatic carbocycles. The van der Waals surface area contributed by atoms with E-state index in [1.807, 2.05) is 6.07 Å². The number of carbonyl (C=O) groups is 2. The Morgan fingerprint density at radius 2 is 1.76 bits per heavy atom. The minimum atomic E-state index is -1.61. The minimum absolute atomic E-state index is 0.0101. The van der Waals surface area contributed by atoms with Crippen LogP contribution in [0.15, 0.2) is 96.2 Å². The predicted molar refractivity (Wildman–Crippen MR) is 227 cm³/mol. The number of methoxy groups -OCH3 is 1. The van der Waals surface area contributed by atoms with Crippen molar-refractivity contribution in [3.63, 3.8) is 0 Å². The Balaban J connectivity index is 1.58. The van der Waals surface area contributed by atoms with E-state index in [2.05, 4.69) is 18.0 Å². The van der Waals surface area contributed by atoms with Crippen molar-refractivity contribution in [1.29, 1.82) is 0 Å². The fourth-order valence-electron chi connectivity index (χ4n) is 9.10. The van der Waals surface area contributed by atoms with E-state index in [0.717, 1.165) is 17.6 Å². The van der Waals surface area contributed by atoms with Gasteiger partial charge in [-0.1, -0.05) is 42.3 Å². The number of halogens is 1. The van der Waals surface area contributed by atoms with Crippen LogP contribution in [-0.2, 0) is 27.5 Å². The number of rotatable bonds is 20. The molecule has 332 valence electrons. The molecule has 1 aliphatic heterocycles. The fraction of sp³-hybridized carbons (Fsp3) is 0.457. The average Bonchev–Trinajstić information content (AvgIpc) is 3.27. The van der Waals surface area contributed by atoms with Crippen LogP contribution in [0.3, 0.4) is 0 Å². The van der Waals surface area contributed by atoms with Gasteiger partial charge in [0.05, 0.1) is 30.3 Å². The van der Waals surface area contributed by atoms with Gasteiger partial charge in [-0.05, 0) is 104 Å². The van der Waals surface area contributed by atoms with Crippen molar-refractivity contribution < 1.29 is 52.9 Å². The van der Waals surface area contributed by atoms with Crippen molar-refractivity contribution >= 4 is 23.6 Å². The van der Waals surface area contributed by atoms with E-state index in [4.69, 9.17) is 28.9 Å². The Morgan fingerprint density at radius 3 is 2.42 bits per heavy atom. The molecule has 2 aliphatic carbocycles. The minimum Gasteiger partial charge on any atom is -0.459 e. The van der Waals surface area contributed by atoms with E-state index >= 15 is 0 Å². The van der Waals surface area contributed by atoms with Crippen molar-refractivity contribution in [1.82, 2.24) is 10.2 Å². The van der Waals surface area contributed by atoms with Crippen LogP contribution in [-0.4, -0.2) is 83.2 Å². The lowest BCUT2D eigenvalue weighted by atomic mass is 9.55. The molecule has 1 fully saturated rings. The monoisotopic (exact) mass is 858 g/mol. The molecule has 2 amide bonds. The van der Waals surface area contributed by atoms with Gasteiger partial charge in [-0.25, -0.2) is 14.0 Å². The first-order valence-electron chi connectivity index (χ1n) is 21.1. The summed E-state index contributed by atoms with van der Waals surface area (Å²) >= 11 is 0. The molecule has 16 heteroatoms. The van der Waals surface area contributed by atoms with Gasteiger partial charge < -0.3 is 39.3 Å². The lowest BCUT2D eigenvalue weighted by Gasteiger charge is -2.59. The molecule has 15 nitrogen and oxygen atoms in total. The molecule has 0 bridgehead atoms. The predicted octanol–water partition coefficient (Wildman–Crippen LogP) is 7.94. The lowest BCUT2D eigenvalue weighted by molar-refractivity contribution is -0.384. The second-order valence-corrected chi connectivity index (χ2v) is 15.6. The Kier molecular flexibility index (Phi) is 15.7. The molecular weight excluding hydrogens is 804 g/mol. The summed E-state index contributed by atoms with van der Waals surface area (Å²) in [6, 6.07) is 16.0. The van der Waals surface area contributed by atoms with Crippen molar-refractivity contribution in [3.05, 3.63) is 124 Å². The number of benzene rings is 3. The van der Waals surface area contributed by atoms with Gasteiger partial charge >= 0.3 is 12.2 Å². The SMILES string of the molecule is C=CCO[C@@]12Oc3ccc(OC(=O)NCC)cc3[C@H]3[C@H](CCCCO)[C@@H](CCCCO)C=C(C(=NOCc4ccc([N+](=O)[O-])cc4)C[C@@H]1N(Cc1ccc(F)cc1)C(=O)OC)[C@H]32. The van der Waals surface area contributed by atoms with Gasteiger partial charge in [-0.15, -0.1) is 6.58 Å². The largest absolute Gasteiger partial charge is 0.459 e. The molecule has 62 heavy (non-hydrogen) atoms. The highest BCUT2D eigenvalue weighted by atomic mass is 19.1. The van der Waals surface area contributed by atoms with Gasteiger partial charge in [0.2, 0.25) is 5.79 Å². The van der Waals surface area contributed by atoms with Crippen LogP contribution >= 0.6 is 0 Å². The maximum Gasteiger partial charge on any atom is 0.412 e. The number of carbonyl (C=O) groups excluding carboxylic acids is 2. The van der Waals surface area contributed by atoms with Crippen LogP contribution in [0.5, 0.6) is 11.5 Å². The highest BCUT2D eigenvalue weighted by Crippen LogP contribution is 2.62. The molecule has 3 aliphatic rings. The van der Waals surface area contributed by atoms with Crippen LogP contribution in [0.1, 0.15) is 74.5 Å². The van der Waals surface area contributed by atoms with E-state index < -0.39 is 46.6 Å². The Labute approximate surface area is 360 Å². The summed E-state index contributed by atoms with van der Waals surface area (Å²) < 4.78 is 39.5. The van der Waals surface area contributed by atoms with Gasteiger partial charge in [0.1, 0.15) is 30.0 Å². The van der Waals surface area contributed by atoms with Crippen molar-refractivity contribution in [2.24, 2.45) is 22.9 Å². The number of allylic oxidation sites excluding steroid dienone is 1. The van der Waals surface area contributed by atoms with Gasteiger partial charge in [-0.2, -0.15) is 0 Å². The van der Waals surface area contributed by atoms with E-state index in [-0.39, 0.29) is 56.9 Å². The Morgan fingerprint density at radius 1 is 1.05 bits per heavy atom. The number of fused-ring (bicyclic) bond motifs is 2. The number of nitro benzene ring substituents is 1. The van der Waals surface area contributed by atoms with Crippen LogP contribution in [0.4, 0.5) is 19.7 Å². The number of non-ortho nitro benzene ring substituents is 1. The fourth-order valence-corrected chi connectivity index (χ4v) is 9.10. The topological polar surface area (TPSA) is 192 Å². The standard InChI is InChI=1S/C46H55FN4O11/c1-4-24-59-46-41(50(45(55)58-3)28-30-12-16-33(47)17-13-30)27-39(49-60-29-31-14-18-34(19-15-31)51(56)57)37-25-32(10-6-8-22-52)36(11-7-9-23-53)42(43(37)46)38-26-35(20-21-40(38)62-46)61-44(54)48-5-2/h4,12-21,25-26,32,36,41-43,52-53H,1,5-11,22-24,27-29H2,2-3H3,(H,48,54)/t32-,36+,41-,42+,43+,46+/m0/s1. The molecule has 0 aromatic heterocycles. The molecule has 0 saturated heterocycles. The van der Waals surface area contributed by atoms with Crippen molar-refractivity contribution in [2.75, 3.05) is 33.5 Å². The molecule has 0 radical (unpaired) electrons. The number of aliphatic hydroxyl groups excluding tert-OH is 2. The highest BCUT2D eigenvalue weighted by molar-refractivity contribution is 6.03. The van der Waals surface area contributed by atoms with Gasteiger partial charge in [0, 0.05) is 56.3 Å². The number of nitrogens with one attached hydrogen (secondary N) is 1. The number of nitrogens with zero attached hydrogens (tertiary/aromatic N) is 3. The van der Waals surface area contributed by atoms with Crippen molar-refractivity contribution in [2.45, 2.75) is 82.8 Å². The molecule has 1 heterocycles. The molecule has 6 atom stereocenters. The first-order valence-corrected chi connectivity index (χ1v) is 21.1. The first-order chi connectivity index (χ1) is 30.1. The highest BCUT2D eigenvalue weighted by Gasteiger charge is 2.65. The molecule has 1 saturated carbocycles. The number of unbranched alkanes of at least 4 members (excludes halogenated alkanes) is 2. The van der Waals surface area contributed by atoms with Gasteiger partial charge in [0.25, 0.3) is 5.69 Å². The average molecular weight is 859 g/mol. The molecular formula is C46H55FN4O11. The maximum atomic E-state index is 14.2. The second-order valence-electron chi connectivity index (χ2n) is 15.6. The number of amides is 2. The van der Waals surface area contributed by atoms with Crippen molar-refractivity contribution in [3.8, 4) is 11.5 Å². The van der Waals surface area contributed by atoms with Crippen LogP contribution in [0.2, 0.25) is 0 Å². The number of ether oxygens (including phenoxy) is 4. The number of hydrogen-bond acceptors (Lipinski definition) is 12. The summed E-state index contributed by atoms with van der Waals surface area (Å²) in [5, 5.41) is 38.5. The molecule has 6 rings (SSSR count). The number of hydrogen-bond donors (Lipinski definition) is 3. The van der Waals surface area contributed by atoms with Crippen LogP contribution in [0, 0.1) is 33.7 Å². The van der Waals surface area contributed by atoms with Gasteiger partial charge in [0.15, 0.2) is 0 Å². The normalized spacial score (nSPS) is 22.9. The second kappa shape index (κ2) is 21.3. The third-order valence-corrected chi connectivity index (χ3v) is 11.8. The zero-order valence-corrected chi connectivity index (χ0v) is 35.1. The molecule has 3 aromatic rings. The van der Waals surface area contributed by atoms with E-state index in [9.17, 15) is 34.3 Å². The van der Waals surface area contributed by atoms with E-state index in [1.165, 1.54) is 36.3 Å². The third-order valence-electron chi connectivity index (χ3n) is 11.8. The smallest absolute Gasteiger partial charge is 0.412 e. The first kappa shape index (κ1) is 45.7. The van der Waals surface area contributed by atoms with Gasteiger partial charge in [-0.3, -0.25) is 15.0 Å². The summed E-state index contributed by atoms with van der Waals surface area (Å²) in [7, 11) is 1.28. The number of oxime groups is 1. The Bertz CT molecular complexity index is 2100. The lowest BCUT2D eigenvalue weighted by Crippen LogP contribution is -2.70. The molecule has 0 unspecified atom stereocenters. The zero-order chi connectivity index (χ0) is 44.2. The number of aliphatic hydroxyl groups is 2.